The number of nitrogens with one attached hydrogen (secondary N) is 1. The Kier molecular flexibility index (Phi) is 6.75. The molecule has 3 heteroatoms. The number of benzene rings is 1. The predicted octanol–water partition coefficient (Wildman–Crippen LogP) is 3.06. The Bertz CT molecular complexity index is 427. The fourth-order valence-electron chi connectivity index (χ4n) is 1.90. The quantitative estimate of drug-likeness (QED) is 0.547. The average molecular weight is 261 g/mol. The molecule has 0 amide bonds. The lowest BCUT2D eigenvalue weighted by molar-refractivity contribution is 0.354. The molecule has 0 unspecified atom stereocenters. The molecule has 0 aromatic heterocycles. The van der Waals surface area contributed by atoms with E-state index in [1.807, 2.05) is 24.3 Å². The van der Waals surface area contributed by atoms with Gasteiger partial charge in [-0.05, 0) is 49.2 Å². The molecule has 0 saturated heterocycles. The van der Waals surface area contributed by atoms with E-state index in [0.717, 1.165) is 43.0 Å². The fourth-order valence-corrected chi connectivity index (χ4v) is 1.90. The summed E-state index contributed by atoms with van der Waals surface area (Å²) < 4.78 is 10.6. The molecule has 1 N–H and O–H groups in total. The largest absolute Gasteiger partial charge is 0.493 e. The van der Waals surface area contributed by atoms with Crippen molar-refractivity contribution in [3.63, 3.8) is 0 Å². The van der Waals surface area contributed by atoms with Crippen LogP contribution < -0.4 is 14.8 Å². The van der Waals surface area contributed by atoms with Crippen molar-refractivity contribution in [1.29, 1.82) is 0 Å². The molecule has 0 heterocycles. The van der Waals surface area contributed by atoms with Crippen molar-refractivity contribution >= 4 is 6.08 Å². The van der Waals surface area contributed by atoms with Crippen LogP contribution in [0.15, 0.2) is 31.4 Å². The van der Waals surface area contributed by atoms with E-state index in [-0.39, 0.29) is 0 Å². The van der Waals surface area contributed by atoms with Crippen molar-refractivity contribution in [2.45, 2.75) is 12.8 Å². The normalized spacial score (nSPS) is 10.0. The van der Waals surface area contributed by atoms with Gasteiger partial charge in [0.15, 0.2) is 11.5 Å². The molecule has 0 atom stereocenters. The SMILES string of the molecule is C=CCCNCCc1cc(OC)c(OC)cc1C=C. The van der Waals surface area contributed by atoms with Gasteiger partial charge in [0.2, 0.25) is 0 Å². The van der Waals surface area contributed by atoms with Crippen LogP contribution in [0.25, 0.3) is 6.08 Å². The van der Waals surface area contributed by atoms with Crippen LogP contribution in [-0.2, 0) is 6.42 Å². The lowest BCUT2D eigenvalue weighted by Gasteiger charge is -2.13. The summed E-state index contributed by atoms with van der Waals surface area (Å²) in [6, 6.07) is 3.98. The van der Waals surface area contributed by atoms with Gasteiger partial charge >= 0.3 is 0 Å². The molecule has 0 aliphatic heterocycles. The Hall–Kier alpha value is -1.74. The highest BCUT2D eigenvalue weighted by Gasteiger charge is 2.08. The van der Waals surface area contributed by atoms with Crippen molar-refractivity contribution in [2.75, 3.05) is 27.3 Å². The van der Waals surface area contributed by atoms with Gasteiger partial charge in [-0.25, -0.2) is 0 Å². The predicted molar refractivity (Wildman–Crippen MR) is 81.0 cm³/mol. The van der Waals surface area contributed by atoms with Gasteiger partial charge in [0.1, 0.15) is 0 Å². The van der Waals surface area contributed by atoms with Crippen molar-refractivity contribution in [3.8, 4) is 11.5 Å². The molecule has 0 aliphatic rings. The lowest BCUT2D eigenvalue weighted by atomic mass is 10.0. The maximum Gasteiger partial charge on any atom is 0.161 e. The van der Waals surface area contributed by atoms with Gasteiger partial charge in [-0.3, -0.25) is 0 Å². The first-order chi connectivity index (χ1) is 9.26. The second-order valence-corrected chi connectivity index (χ2v) is 4.19. The Morgan fingerprint density at radius 1 is 1.11 bits per heavy atom. The summed E-state index contributed by atoms with van der Waals surface area (Å²) in [5.41, 5.74) is 2.29. The Balaban J connectivity index is 2.75. The van der Waals surface area contributed by atoms with E-state index in [9.17, 15) is 0 Å². The molecule has 1 aromatic rings. The van der Waals surface area contributed by atoms with E-state index < -0.39 is 0 Å². The number of ether oxygens (including phenoxy) is 2. The van der Waals surface area contributed by atoms with Gasteiger partial charge in [-0.2, -0.15) is 0 Å². The summed E-state index contributed by atoms with van der Waals surface area (Å²) >= 11 is 0. The van der Waals surface area contributed by atoms with E-state index in [1.165, 1.54) is 5.56 Å². The third-order valence-electron chi connectivity index (χ3n) is 2.96. The molecule has 0 radical (unpaired) electrons. The Labute approximate surface area is 115 Å². The van der Waals surface area contributed by atoms with Crippen LogP contribution in [0.4, 0.5) is 0 Å². The summed E-state index contributed by atoms with van der Waals surface area (Å²) in [6.07, 6.45) is 5.68. The fraction of sp³-hybridized carbons (Fsp3) is 0.375. The molecule has 0 aliphatic carbocycles. The number of hydrogen-bond acceptors (Lipinski definition) is 3. The van der Waals surface area contributed by atoms with Crippen LogP contribution in [-0.4, -0.2) is 27.3 Å². The van der Waals surface area contributed by atoms with Gasteiger partial charge in [0.05, 0.1) is 14.2 Å². The van der Waals surface area contributed by atoms with Crippen LogP contribution in [0.5, 0.6) is 11.5 Å². The van der Waals surface area contributed by atoms with Crippen molar-refractivity contribution in [1.82, 2.24) is 5.32 Å². The zero-order chi connectivity index (χ0) is 14.1. The smallest absolute Gasteiger partial charge is 0.161 e. The third kappa shape index (κ3) is 4.45. The van der Waals surface area contributed by atoms with Crippen molar-refractivity contribution in [2.24, 2.45) is 0 Å². The summed E-state index contributed by atoms with van der Waals surface area (Å²) in [5.74, 6) is 1.50. The van der Waals surface area contributed by atoms with Gasteiger partial charge in [0, 0.05) is 0 Å². The molecule has 1 rings (SSSR count). The van der Waals surface area contributed by atoms with Gasteiger partial charge in [-0.1, -0.05) is 18.7 Å². The Morgan fingerprint density at radius 3 is 2.37 bits per heavy atom. The molecule has 3 nitrogen and oxygen atoms in total. The highest BCUT2D eigenvalue weighted by molar-refractivity contribution is 5.59. The summed E-state index contributed by atoms with van der Waals surface area (Å²) in [7, 11) is 3.29. The van der Waals surface area contributed by atoms with E-state index in [2.05, 4.69) is 18.5 Å². The van der Waals surface area contributed by atoms with Crippen LogP contribution >= 0.6 is 0 Å². The highest BCUT2D eigenvalue weighted by Crippen LogP contribution is 2.31. The zero-order valence-corrected chi connectivity index (χ0v) is 11.9. The highest BCUT2D eigenvalue weighted by atomic mass is 16.5. The van der Waals surface area contributed by atoms with Crippen molar-refractivity contribution < 1.29 is 9.47 Å². The topological polar surface area (TPSA) is 30.5 Å². The molecule has 0 fully saturated rings. The van der Waals surface area contributed by atoms with Crippen LogP contribution in [0.3, 0.4) is 0 Å². The minimum Gasteiger partial charge on any atom is -0.493 e. The van der Waals surface area contributed by atoms with Crippen LogP contribution in [0.2, 0.25) is 0 Å². The second-order valence-electron chi connectivity index (χ2n) is 4.19. The van der Waals surface area contributed by atoms with Crippen LogP contribution in [0.1, 0.15) is 17.5 Å². The van der Waals surface area contributed by atoms with E-state index in [0.29, 0.717) is 0 Å². The number of methoxy groups -OCH3 is 2. The molecule has 0 bridgehead atoms. The Morgan fingerprint density at radius 2 is 1.79 bits per heavy atom. The maximum absolute atomic E-state index is 5.33. The standard InChI is InChI=1S/C16H23NO2/c1-5-7-9-17-10-8-14-12-16(19-4)15(18-3)11-13(14)6-2/h5-6,11-12,17H,1-2,7-10H2,3-4H3. The molecule has 0 spiro atoms. The molecular weight excluding hydrogens is 238 g/mol. The molecule has 1 aromatic carbocycles. The first kappa shape index (κ1) is 15.3. The maximum atomic E-state index is 5.33. The second kappa shape index (κ2) is 8.38. The van der Waals surface area contributed by atoms with E-state index in [4.69, 9.17) is 9.47 Å². The summed E-state index contributed by atoms with van der Waals surface area (Å²) in [5, 5.41) is 3.37. The molecule has 0 saturated carbocycles. The zero-order valence-electron chi connectivity index (χ0n) is 11.9. The van der Waals surface area contributed by atoms with Gasteiger partial charge < -0.3 is 14.8 Å². The molecule has 104 valence electrons. The van der Waals surface area contributed by atoms with Crippen LogP contribution in [0, 0.1) is 0 Å². The van der Waals surface area contributed by atoms with E-state index in [1.54, 1.807) is 14.2 Å². The van der Waals surface area contributed by atoms with Gasteiger partial charge in [0.25, 0.3) is 0 Å². The minimum absolute atomic E-state index is 0.737. The summed E-state index contributed by atoms with van der Waals surface area (Å²) in [6.45, 7) is 9.43. The summed E-state index contributed by atoms with van der Waals surface area (Å²) in [4.78, 5) is 0. The first-order valence-electron chi connectivity index (χ1n) is 6.45. The number of rotatable bonds is 9. The lowest BCUT2D eigenvalue weighted by Crippen LogP contribution is -2.18. The number of hydrogen-bond donors (Lipinski definition) is 1. The minimum atomic E-state index is 0.737. The van der Waals surface area contributed by atoms with Gasteiger partial charge in [-0.15, -0.1) is 6.58 Å². The average Bonchev–Trinajstić information content (AvgIpc) is 2.46. The first-order valence-corrected chi connectivity index (χ1v) is 6.45. The third-order valence-corrected chi connectivity index (χ3v) is 2.96. The van der Waals surface area contributed by atoms with E-state index >= 15 is 0 Å². The molecule has 19 heavy (non-hydrogen) atoms. The monoisotopic (exact) mass is 261 g/mol. The molecular formula is C16H23NO2. The van der Waals surface area contributed by atoms with Crippen molar-refractivity contribution in [3.05, 3.63) is 42.5 Å².